The van der Waals surface area contributed by atoms with Crippen LogP contribution in [-0.2, 0) is 19.1 Å². The summed E-state index contributed by atoms with van der Waals surface area (Å²) in [7, 11) is 8.80. The third kappa shape index (κ3) is 6.31. The number of amides is 2. The number of allylic oxidation sites excluding steroid dienone is 3. The van der Waals surface area contributed by atoms with E-state index in [2.05, 4.69) is 103 Å². The zero-order chi connectivity index (χ0) is 44.3. The number of carbonyl (C=O) groups excluding carboxylic acids is 2. The maximum absolute atomic E-state index is 13.4. The molecule has 2 unspecified atom stereocenters. The molecule has 2 aromatic rings. The van der Waals surface area contributed by atoms with Crippen LogP contribution in [0.3, 0.4) is 0 Å². The normalized spacial score (nSPS) is 40.7. The zero-order valence-electron chi connectivity index (χ0n) is 38.9. The molecule has 12 rings (SSSR count). The lowest BCUT2D eigenvalue weighted by Gasteiger charge is -2.54. The molecule has 64 heavy (non-hydrogen) atoms. The molecule has 4 spiro atoms. The average Bonchev–Trinajstić information content (AvgIpc) is 4.02. The first-order valence-electron chi connectivity index (χ1n) is 24.4. The minimum absolute atomic E-state index is 0.00124. The Morgan fingerprint density at radius 1 is 0.688 bits per heavy atom. The fraction of sp³-hybridized carbons (Fsp3) is 0.593. The first kappa shape index (κ1) is 42.4. The van der Waals surface area contributed by atoms with Gasteiger partial charge in [-0.3, -0.25) is 19.6 Å². The molecule has 10 nitrogen and oxygen atoms in total. The van der Waals surface area contributed by atoms with Gasteiger partial charge in [0, 0.05) is 47.3 Å². The number of carbonyl (C=O) groups is 2. The summed E-state index contributed by atoms with van der Waals surface area (Å²) >= 11 is 0. The summed E-state index contributed by atoms with van der Waals surface area (Å²) < 4.78 is 14.5. The first-order valence-corrected chi connectivity index (χ1v) is 24.4. The molecule has 6 heterocycles. The van der Waals surface area contributed by atoms with Gasteiger partial charge < -0.3 is 29.9 Å². The molecular formula is C54H68N6O4. The van der Waals surface area contributed by atoms with Crippen molar-refractivity contribution >= 4 is 23.2 Å². The van der Waals surface area contributed by atoms with E-state index in [4.69, 9.17) is 9.47 Å². The first-order chi connectivity index (χ1) is 30.7. The number of hydrogen-bond acceptors (Lipinski definition) is 8. The average molecular weight is 865 g/mol. The fourth-order valence-corrected chi connectivity index (χ4v) is 15.3. The number of fused-ring (bicyclic) bond motifs is 2. The third-order valence-electron chi connectivity index (χ3n) is 18.8. The SMILES string of the molecule is CN(C)[C@H]1CCC2=CC3=CC[C@]4(C)C(C(=O)Nc5cccnc5)=CC[C@H]4C34CC[C@]2(C1)O4.CN(C)[C@H]1CCC2=CC3=CC[C@]4(C)[C@@H](C(=O)Nc5cccnc5)CC[C@H]4C34CC[C@]2(C1)O4. The van der Waals surface area contributed by atoms with E-state index in [-0.39, 0.29) is 51.0 Å². The van der Waals surface area contributed by atoms with Gasteiger partial charge in [0.15, 0.2) is 0 Å². The lowest BCUT2D eigenvalue weighted by molar-refractivity contribution is -0.146. The topological polar surface area (TPSA) is 109 Å². The molecule has 10 heteroatoms. The number of rotatable bonds is 6. The molecule has 2 N–H and O–H groups in total. The van der Waals surface area contributed by atoms with Crippen LogP contribution in [0.25, 0.3) is 0 Å². The van der Waals surface area contributed by atoms with Gasteiger partial charge in [0.1, 0.15) is 0 Å². The van der Waals surface area contributed by atoms with E-state index in [1.165, 1.54) is 35.1 Å². The Morgan fingerprint density at radius 2 is 1.25 bits per heavy atom. The maximum Gasteiger partial charge on any atom is 0.251 e. The van der Waals surface area contributed by atoms with E-state index in [1.54, 1.807) is 24.8 Å². The highest BCUT2D eigenvalue weighted by molar-refractivity contribution is 6.05. The summed E-state index contributed by atoms with van der Waals surface area (Å²) in [4.78, 5) is 39.7. The van der Waals surface area contributed by atoms with Gasteiger partial charge in [-0.2, -0.15) is 0 Å². The van der Waals surface area contributed by atoms with Gasteiger partial charge in [-0.05, 0) is 182 Å². The van der Waals surface area contributed by atoms with Gasteiger partial charge in [-0.15, -0.1) is 0 Å². The molecule has 2 aromatic heterocycles. The van der Waals surface area contributed by atoms with E-state index in [1.807, 2.05) is 24.3 Å². The summed E-state index contributed by atoms with van der Waals surface area (Å²) in [5.41, 5.74) is 7.36. The molecule has 4 aliphatic heterocycles. The highest BCUT2D eigenvalue weighted by Gasteiger charge is 2.68. The molecule has 10 aliphatic rings. The van der Waals surface area contributed by atoms with Gasteiger partial charge in [0.2, 0.25) is 5.91 Å². The van der Waals surface area contributed by atoms with Crippen molar-refractivity contribution in [2.75, 3.05) is 38.8 Å². The fourth-order valence-electron chi connectivity index (χ4n) is 15.3. The quantitative estimate of drug-likeness (QED) is 0.296. The van der Waals surface area contributed by atoms with Crippen LogP contribution < -0.4 is 10.6 Å². The Bertz CT molecular complexity index is 2320. The Balaban J connectivity index is 0.000000143. The largest absolute Gasteiger partial charge is 0.359 e. The van der Waals surface area contributed by atoms with E-state index >= 15 is 0 Å². The second-order valence-corrected chi connectivity index (χ2v) is 22.2. The van der Waals surface area contributed by atoms with Crippen LogP contribution in [0.4, 0.5) is 11.4 Å². The Morgan fingerprint density at radius 3 is 1.81 bits per heavy atom. The van der Waals surface area contributed by atoms with Crippen molar-refractivity contribution in [1.29, 1.82) is 0 Å². The Labute approximate surface area is 380 Å². The monoisotopic (exact) mass is 865 g/mol. The van der Waals surface area contributed by atoms with Crippen molar-refractivity contribution in [2.24, 2.45) is 28.6 Å². The third-order valence-corrected chi connectivity index (χ3v) is 18.8. The molecule has 6 aliphatic carbocycles. The molecule has 5 fully saturated rings. The smallest absolute Gasteiger partial charge is 0.251 e. The molecule has 4 bridgehead atoms. The second-order valence-electron chi connectivity index (χ2n) is 22.2. The molecule has 2 amide bonds. The minimum Gasteiger partial charge on any atom is -0.359 e. The summed E-state index contributed by atoms with van der Waals surface area (Å²) in [6.07, 6.45) is 34.9. The Hall–Kier alpha value is -4.22. The molecule has 2 saturated heterocycles. The van der Waals surface area contributed by atoms with Crippen molar-refractivity contribution < 1.29 is 19.1 Å². The number of hydrogen-bond donors (Lipinski definition) is 2. The highest BCUT2D eigenvalue weighted by Crippen LogP contribution is 2.69. The van der Waals surface area contributed by atoms with Crippen molar-refractivity contribution in [1.82, 2.24) is 19.8 Å². The summed E-state index contributed by atoms with van der Waals surface area (Å²) in [6, 6.07) is 8.68. The van der Waals surface area contributed by atoms with Gasteiger partial charge in [-0.25, -0.2) is 0 Å². The summed E-state index contributed by atoms with van der Waals surface area (Å²) in [5, 5.41) is 6.21. The van der Waals surface area contributed by atoms with Crippen molar-refractivity contribution in [3.8, 4) is 0 Å². The molecule has 11 atom stereocenters. The van der Waals surface area contributed by atoms with Gasteiger partial charge in [-0.1, -0.05) is 44.2 Å². The lowest BCUT2D eigenvalue weighted by atomic mass is 9.58. The van der Waals surface area contributed by atoms with Crippen LogP contribution in [-0.4, -0.2) is 94.3 Å². The van der Waals surface area contributed by atoms with Crippen LogP contribution >= 0.6 is 0 Å². The van der Waals surface area contributed by atoms with E-state index in [0.29, 0.717) is 23.9 Å². The number of ether oxygens (including phenoxy) is 2. The Kier molecular flexibility index (Phi) is 10.0. The molecule has 0 radical (unpaired) electrons. The van der Waals surface area contributed by atoms with Crippen LogP contribution in [0.5, 0.6) is 0 Å². The predicted octanol–water partition coefficient (Wildman–Crippen LogP) is 9.37. The minimum atomic E-state index is -0.252. The van der Waals surface area contributed by atoms with Crippen LogP contribution in [0.2, 0.25) is 0 Å². The lowest BCUT2D eigenvalue weighted by Crippen LogP contribution is -2.55. The van der Waals surface area contributed by atoms with Crippen LogP contribution in [0.15, 0.2) is 107 Å². The van der Waals surface area contributed by atoms with E-state index in [0.717, 1.165) is 100 Å². The van der Waals surface area contributed by atoms with Gasteiger partial charge >= 0.3 is 0 Å². The number of nitrogens with one attached hydrogen (secondary N) is 2. The number of pyridine rings is 2. The van der Waals surface area contributed by atoms with Crippen molar-refractivity contribution in [2.45, 2.75) is 145 Å². The molecule has 3 saturated carbocycles. The number of anilines is 2. The van der Waals surface area contributed by atoms with Crippen molar-refractivity contribution in [3.63, 3.8) is 0 Å². The second kappa shape index (κ2) is 15.2. The summed E-state index contributed by atoms with van der Waals surface area (Å²) in [5.74, 6) is 0.854. The van der Waals surface area contributed by atoms with E-state index in [9.17, 15) is 9.59 Å². The maximum atomic E-state index is 13.4. The zero-order valence-corrected chi connectivity index (χ0v) is 38.9. The molecule has 0 aromatic carbocycles. The van der Waals surface area contributed by atoms with E-state index < -0.39 is 0 Å². The predicted molar refractivity (Wildman–Crippen MR) is 250 cm³/mol. The van der Waals surface area contributed by atoms with Gasteiger partial charge in [0.05, 0.1) is 46.2 Å². The highest BCUT2D eigenvalue weighted by atomic mass is 16.5. The summed E-state index contributed by atoms with van der Waals surface area (Å²) in [6.45, 7) is 4.62. The molecule has 338 valence electrons. The van der Waals surface area contributed by atoms with Gasteiger partial charge in [0.25, 0.3) is 5.91 Å². The standard InChI is InChI=1S/C27H35N3O2.C27H33N3O2/c2*1-25-11-10-19-15-18-6-7-21(30(2)3)16-26(18)12-13-27(19,32-26)23(25)9-8-22(25)24(31)29-20-5-4-14-28-17-20/h4-5,10,14-15,17,21-23H,6-9,11-13,16H2,1-3H3,(H,29,31);4-5,8,10,14-15,17,21,23H,6-7,9,11-13,16H2,1-3H3,(H,29,31)/t21-,22+,23+,25+,26+,27?;21-,23+,25+,26+,27?/m00/s1. The van der Waals surface area contributed by atoms with Crippen molar-refractivity contribution in [3.05, 3.63) is 107 Å². The van der Waals surface area contributed by atoms with Crippen LogP contribution in [0.1, 0.15) is 110 Å². The van der Waals surface area contributed by atoms with Crippen LogP contribution in [0, 0.1) is 28.6 Å². The molecular weight excluding hydrogens is 797 g/mol. The number of aromatic nitrogens is 2. The number of nitrogens with zero attached hydrogens (tertiary/aromatic N) is 4.